The van der Waals surface area contributed by atoms with Gasteiger partial charge in [0.2, 0.25) is 0 Å². The van der Waals surface area contributed by atoms with E-state index in [0.717, 1.165) is 47.6 Å². The molecule has 1 aliphatic carbocycles. The molecule has 0 amide bonds. The molecule has 1 aromatic carbocycles. The van der Waals surface area contributed by atoms with Crippen LogP contribution in [0.25, 0.3) is 0 Å². The number of aromatic nitrogens is 2. The van der Waals surface area contributed by atoms with Gasteiger partial charge in [0, 0.05) is 19.8 Å². The molecule has 1 aromatic heterocycles. The van der Waals surface area contributed by atoms with Crippen molar-refractivity contribution in [2.75, 3.05) is 19.0 Å². The second kappa shape index (κ2) is 5.87. The van der Waals surface area contributed by atoms with E-state index in [2.05, 4.69) is 37.5 Å². The van der Waals surface area contributed by atoms with Crippen LogP contribution in [-0.2, 0) is 6.42 Å². The Labute approximate surface area is 123 Å². The molecular weight excluding hydrogens is 266 g/mol. The van der Waals surface area contributed by atoms with Crippen molar-refractivity contribution in [2.24, 2.45) is 10.2 Å². The normalized spacial score (nSPS) is 16.4. The minimum Gasteiger partial charge on any atom is -0.378 e. The number of anilines is 1. The molecule has 0 saturated carbocycles. The highest BCUT2D eigenvalue weighted by atomic mass is 16.6. The molecule has 3 rings (SSSR count). The van der Waals surface area contributed by atoms with Gasteiger partial charge in [-0.25, -0.2) is 4.63 Å². The highest BCUT2D eigenvalue weighted by molar-refractivity contribution is 6.00. The first-order chi connectivity index (χ1) is 10.2. The molecule has 0 spiro atoms. The van der Waals surface area contributed by atoms with Crippen molar-refractivity contribution in [1.82, 2.24) is 10.3 Å². The number of benzene rings is 1. The fourth-order valence-electron chi connectivity index (χ4n) is 2.25. The van der Waals surface area contributed by atoms with Crippen LogP contribution in [0.1, 0.15) is 29.8 Å². The lowest BCUT2D eigenvalue weighted by Gasteiger charge is -2.11. The van der Waals surface area contributed by atoms with E-state index in [4.69, 9.17) is 4.63 Å². The van der Waals surface area contributed by atoms with Gasteiger partial charge in [-0.05, 0) is 42.1 Å². The molecule has 0 fully saturated rings. The maximum absolute atomic E-state index is 4.76. The van der Waals surface area contributed by atoms with Crippen LogP contribution < -0.4 is 4.90 Å². The van der Waals surface area contributed by atoms with Crippen LogP contribution in [0.4, 0.5) is 5.69 Å². The SMILES string of the molecule is CN(C)c1ccc(/C=N/N=C2/CCCc3nonc32)cc1. The monoisotopic (exact) mass is 283 g/mol. The molecule has 0 aliphatic heterocycles. The summed E-state index contributed by atoms with van der Waals surface area (Å²) in [6.45, 7) is 0. The predicted molar refractivity (Wildman–Crippen MR) is 82.1 cm³/mol. The van der Waals surface area contributed by atoms with Gasteiger partial charge in [-0.1, -0.05) is 17.3 Å². The van der Waals surface area contributed by atoms with Crippen LogP contribution in [0.5, 0.6) is 0 Å². The molecule has 0 N–H and O–H groups in total. The van der Waals surface area contributed by atoms with E-state index >= 15 is 0 Å². The molecule has 108 valence electrons. The third kappa shape index (κ3) is 2.99. The standard InChI is InChI=1S/C15H17N5O/c1-20(2)12-8-6-11(7-9-12)10-16-17-13-4-3-5-14-15(13)19-21-18-14/h6-10H,3-5H2,1-2H3/b16-10+,17-13-. The van der Waals surface area contributed by atoms with Crippen molar-refractivity contribution < 1.29 is 4.63 Å². The summed E-state index contributed by atoms with van der Waals surface area (Å²) < 4.78 is 4.76. The first-order valence-corrected chi connectivity index (χ1v) is 6.93. The zero-order valence-electron chi connectivity index (χ0n) is 12.2. The van der Waals surface area contributed by atoms with E-state index in [1.54, 1.807) is 6.21 Å². The van der Waals surface area contributed by atoms with Crippen LogP contribution in [0, 0.1) is 0 Å². The van der Waals surface area contributed by atoms with Crippen molar-refractivity contribution >= 4 is 17.6 Å². The summed E-state index contributed by atoms with van der Waals surface area (Å²) in [5.41, 5.74) is 4.65. The van der Waals surface area contributed by atoms with Gasteiger partial charge in [0.1, 0.15) is 5.69 Å². The Morgan fingerprint density at radius 1 is 1.14 bits per heavy atom. The molecule has 21 heavy (non-hydrogen) atoms. The van der Waals surface area contributed by atoms with E-state index in [1.807, 2.05) is 26.2 Å². The van der Waals surface area contributed by atoms with Gasteiger partial charge in [-0.3, -0.25) is 0 Å². The summed E-state index contributed by atoms with van der Waals surface area (Å²) in [4.78, 5) is 2.06. The van der Waals surface area contributed by atoms with Crippen molar-refractivity contribution in [1.29, 1.82) is 0 Å². The number of hydrogen-bond donors (Lipinski definition) is 0. The Bertz CT molecular complexity index is 670. The Morgan fingerprint density at radius 2 is 1.95 bits per heavy atom. The molecular formula is C15H17N5O. The molecule has 0 unspecified atom stereocenters. The molecule has 2 aromatic rings. The maximum atomic E-state index is 4.76. The quantitative estimate of drug-likeness (QED) is 0.640. The Morgan fingerprint density at radius 3 is 2.71 bits per heavy atom. The summed E-state index contributed by atoms with van der Waals surface area (Å²) in [5.74, 6) is 0. The topological polar surface area (TPSA) is 66.9 Å². The van der Waals surface area contributed by atoms with Gasteiger partial charge in [0.15, 0.2) is 5.69 Å². The number of fused-ring (bicyclic) bond motifs is 1. The largest absolute Gasteiger partial charge is 0.378 e. The van der Waals surface area contributed by atoms with Crippen LogP contribution in [0.3, 0.4) is 0 Å². The average molecular weight is 283 g/mol. The number of hydrogen-bond acceptors (Lipinski definition) is 6. The van der Waals surface area contributed by atoms with Gasteiger partial charge in [0.05, 0.1) is 11.9 Å². The van der Waals surface area contributed by atoms with Crippen molar-refractivity contribution in [2.45, 2.75) is 19.3 Å². The molecule has 6 heteroatoms. The van der Waals surface area contributed by atoms with Gasteiger partial charge in [-0.15, -0.1) is 0 Å². The van der Waals surface area contributed by atoms with Gasteiger partial charge in [0.25, 0.3) is 0 Å². The van der Waals surface area contributed by atoms with Crippen molar-refractivity contribution in [3.05, 3.63) is 41.2 Å². The van der Waals surface area contributed by atoms with E-state index in [9.17, 15) is 0 Å². The molecule has 1 aliphatic rings. The van der Waals surface area contributed by atoms with E-state index in [0.29, 0.717) is 0 Å². The molecule has 1 heterocycles. The lowest BCUT2D eigenvalue weighted by Crippen LogP contribution is -2.11. The lowest BCUT2D eigenvalue weighted by atomic mass is 9.99. The Hall–Kier alpha value is -2.50. The van der Waals surface area contributed by atoms with Crippen LogP contribution in [0.15, 0.2) is 39.1 Å². The summed E-state index contributed by atoms with van der Waals surface area (Å²) in [5, 5.41) is 16.2. The summed E-state index contributed by atoms with van der Waals surface area (Å²) >= 11 is 0. The lowest BCUT2D eigenvalue weighted by molar-refractivity contribution is 0.303. The third-order valence-electron chi connectivity index (χ3n) is 3.45. The number of nitrogens with zero attached hydrogens (tertiary/aromatic N) is 5. The molecule has 0 bridgehead atoms. The fourth-order valence-corrected chi connectivity index (χ4v) is 2.25. The van der Waals surface area contributed by atoms with Crippen molar-refractivity contribution in [3.8, 4) is 0 Å². The molecule has 0 atom stereocenters. The Balaban J connectivity index is 1.74. The average Bonchev–Trinajstić information content (AvgIpc) is 2.97. The van der Waals surface area contributed by atoms with E-state index in [-0.39, 0.29) is 0 Å². The van der Waals surface area contributed by atoms with Gasteiger partial charge in [-0.2, -0.15) is 10.2 Å². The fraction of sp³-hybridized carbons (Fsp3) is 0.333. The summed E-state index contributed by atoms with van der Waals surface area (Å²) in [7, 11) is 4.03. The van der Waals surface area contributed by atoms with Crippen LogP contribution in [-0.4, -0.2) is 36.3 Å². The summed E-state index contributed by atoms with van der Waals surface area (Å²) in [6.07, 6.45) is 4.51. The molecule has 0 saturated heterocycles. The van der Waals surface area contributed by atoms with Crippen LogP contribution >= 0.6 is 0 Å². The maximum Gasteiger partial charge on any atom is 0.154 e. The van der Waals surface area contributed by atoms with Gasteiger partial charge < -0.3 is 4.90 Å². The van der Waals surface area contributed by atoms with Gasteiger partial charge >= 0.3 is 0 Å². The molecule has 6 nitrogen and oxygen atoms in total. The van der Waals surface area contributed by atoms with Crippen LogP contribution in [0.2, 0.25) is 0 Å². The Kier molecular flexibility index (Phi) is 3.77. The summed E-state index contributed by atoms with van der Waals surface area (Å²) in [6, 6.07) is 8.13. The van der Waals surface area contributed by atoms with Crippen molar-refractivity contribution in [3.63, 3.8) is 0 Å². The van der Waals surface area contributed by atoms with E-state index in [1.165, 1.54) is 0 Å². The number of rotatable bonds is 3. The first-order valence-electron chi connectivity index (χ1n) is 6.93. The number of aryl methyl sites for hydroxylation is 1. The predicted octanol–water partition coefficient (Wildman–Crippen LogP) is 2.30. The zero-order chi connectivity index (χ0) is 14.7. The third-order valence-corrected chi connectivity index (χ3v) is 3.45. The zero-order valence-corrected chi connectivity index (χ0v) is 12.2. The highest BCUT2D eigenvalue weighted by Crippen LogP contribution is 2.18. The first kappa shape index (κ1) is 13.5. The minimum absolute atomic E-state index is 0.751. The molecule has 0 radical (unpaired) electrons. The van der Waals surface area contributed by atoms with E-state index < -0.39 is 0 Å². The second-order valence-electron chi connectivity index (χ2n) is 5.19. The minimum atomic E-state index is 0.751. The highest BCUT2D eigenvalue weighted by Gasteiger charge is 2.20. The smallest absolute Gasteiger partial charge is 0.154 e. The second-order valence-corrected chi connectivity index (χ2v) is 5.19.